The van der Waals surface area contributed by atoms with Gasteiger partial charge in [-0.2, -0.15) is 0 Å². The molecule has 1 aromatic heterocycles. The Morgan fingerprint density at radius 2 is 1.77 bits per heavy atom. The summed E-state index contributed by atoms with van der Waals surface area (Å²) in [6, 6.07) is 22.9. The van der Waals surface area contributed by atoms with Gasteiger partial charge in [0.15, 0.2) is 0 Å². The second kappa shape index (κ2) is 9.17. The smallest absolute Gasteiger partial charge is 0.255 e. The molecule has 0 saturated carbocycles. The molecule has 156 valence electrons. The van der Waals surface area contributed by atoms with Gasteiger partial charge in [-0.25, -0.2) is 4.98 Å². The summed E-state index contributed by atoms with van der Waals surface area (Å²) in [5.41, 5.74) is 3.83. The van der Waals surface area contributed by atoms with Crippen molar-refractivity contribution in [2.24, 2.45) is 0 Å². The normalized spacial score (nSPS) is 11.4. The predicted octanol–water partition coefficient (Wildman–Crippen LogP) is 4.44. The highest BCUT2D eigenvalue weighted by Crippen LogP contribution is 2.29. The van der Waals surface area contributed by atoms with Gasteiger partial charge < -0.3 is 19.8 Å². The van der Waals surface area contributed by atoms with E-state index in [0.717, 1.165) is 22.2 Å². The number of nitrogens with zero attached hydrogens (tertiary/aromatic N) is 1. The van der Waals surface area contributed by atoms with Crippen molar-refractivity contribution in [3.8, 4) is 11.5 Å². The van der Waals surface area contributed by atoms with Crippen LogP contribution < -0.4 is 14.8 Å². The number of carbonyl (C=O) groups is 1. The Bertz CT molecular complexity index is 1200. The van der Waals surface area contributed by atoms with E-state index in [0.29, 0.717) is 29.4 Å². The first kappa shape index (κ1) is 20.2. The fourth-order valence-corrected chi connectivity index (χ4v) is 3.29. The zero-order valence-corrected chi connectivity index (χ0v) is 17.4. The number of para-hydroxylation sites is 2. The third-order valence-corrected chi connectivity index (χ3v) is 4.93. The van der Waals surface area contributed by atoms with Crippen LogP contribution in [0.3, 0.4) is 0 Å². The molecule has 2 N–H and O–H groups in total. The van der Waals surface area contributed by atoms with Gasteiger partial charge in [-0.3, -0.25) is 4.79 Å². The number of carbonyl (C=O) groups excluding carboxylic acids is 1. The molecule has 4 rings (SSSR count). The van der Waals surface area contributed by atoms with Crippen LogP contribution in [0.1, 0.15) is 17.0 Å². The number of benzene rings is 3. The van der Waals surface area contributed by atoms with Gasteiger partial charge in [-0.05, 0) is 35.9 Å². The van der Waals surface area contributed by atoms with E-state index in [4.69, 9.17) is 9.47 Å². The van der Waals surface area contributed by atoms with Crippen molar-refractivity contribution in [1.29, 1.82) is 0 Å². The maximum absolute atomic E-state index is 13.2. The third-order valence-electron chi connectivity index (χ3n) is 4.93. The SMILES string of the molecule is COc1ccc(/C=C(/C(=O)NCc2ccccc2)c2nc3ccccc3[nH]2)c(OC)c1. The summed E-state index contributed by atoms with van der Waals surface area (Å²) < 4.78 is 10.8. The van der Waals surface area contributed by atoms with E-state index >= 15 is 0 Å². The Morgan fingerprint density at radius 3 is 2.52 bits per heavy atom. The average Bonchev–Trinajstić information content (AvgIpc) is 3.25. The van der Waals surface area contributed by atoms with Crippen molar-refractivity contribution < 1.29 is 14.3 Å². The number of aromatic amines is 1. The van der Waals surface area contributed by atoms with Crippen LogP contribution in [-0.2, 0) is 11.3 Å². The van der Waals surface area contributed by atoms with Gasteiger partial charge in [0.05, 0.1) is 30.8 Å². The van der Waals surface area contributed by atoms with Crippen molar-refractivity contribution >= 4 is 28.6 Å². The molecule has 0 aliphatic heterocycles. The van der Waals surface area contributed by atoms with Crippen LogP contribution >= 0.6 is 0 Å². The van der Waals surface area contributed by atoms with Crippen molar-refractivity contribution in [2.75, 3.05) is 14.2 Å². The molecule has 3 aromatic carbocycles. The summed E-state index contributed by atoms with van der Waals surface area (Å²) in [5, 5.41) is 2.99. The maximum atomic E-state index is 13.2. The van der Waals surface area contributed by atoms with Crippen LogP contribution in [0.25, 0.3) is 22.7 Å². The second-order valence-corrected chi connectivity index (χ2v) is 6.94. The molecule has 6 heteroatoms. The first-order chi connectivity index (χ1) is 15.2. The van der Waals surface area contributed by atoms with Crippen LogP contribution in [0.4, 0.5) is 0 Å². The minimum atomic E-state index is -0.235. The topological polar surface area (TPSA) is 76.2 Å². The molecule has 1 amide bonds. The standard InChI is InChI=1S/C25H23N3O3/c1-30-19-13-12-18(23(15-19)31-2)14-20(24-27-21-10-6-7-11-22(21)28-24)25(29)26-16-17-8-4-3-5-9-17/h3-15H,16H2,1-2H3,(H,26,29)(H,27,28)/b20-14+. The van der Waals surface area contributed by atoms with Crippen LogP contribution in [0, 0.1) is 0 Å². The molecule has 0 spiro atoms. The number of methoxy groups -OCH3 is 2. The van der Waals surface area contributed by atoms with Crippen LogP contribution in [0.2, 0.25) is 0 Å². The Balaban J connectivity index is 1.73. The van der Waals surface area contributed by atoms with E-state index in [2.05, 4.69) is 15.3 Å². The highest BCUT2D eigenvalue weighted by Gasteiger charge is 2.17. The minimum Gasteiger partial charge on any atom is -0.497 e. The van der Waals surface area contributed by atoms with E-state index in [1.165, 1.54) is 0 Å². The number of imidazole rings is 1. The molecule has 4 aromatic rings. The Morgan fingerprint density at radius 1 is 1.00 bits per heavy atom. The summed E-state index contributed by atoms with van der Waals surface area (Å²) in [4.78, 5) is 21.1. The molecule has 6 nitrogen and oxygen atoms in total. The lowest BCUT2D eigenvalue weighted by atomic mass is 10.1. The van der Waals surface area contributed by atoms with Crippen molar-refractivity contribution in [3.05, 3.63) is 89.7 Å². The Hall–Kier alpha value is -4.06. The molecule has 0 atom stereocenters. The predicted molar refractivity (Wildman–Crippen MR) is 122 cm³/mol. The quantitative estimate of drug-likeness (QED) is 0.439. The second-order valence-electron chi connectivity index (χ2n) is 6.94. The molecule has 0 fully saturated rings. The number of fused-ring (bicyclic) bond motifs is 1. The molecule has 0 unspecified atom stereocenters. The zero-order valence-electron chi connectivity index (χ0n) is 17.4. The number of amides is 1. The average molecular weight is 413 g/mol. The Kier molecular flexibility index (Phi) is 5.98. The Labute approximate surface area is 180 Å². The fourth-order valence-electron chi connectivity index (χ4n) is 3.29. The van der Waals surface area contributed by atoms with Crippen LogP contribution in [0.15, 0.2) is 72.8 Å². The van der Waals surface area contributed by atoms with E-state index in [9.17, 15) is 4.79 Å². The number of ether oxygens (including phenoxy) is 2. The van der Waals surface area contributed by atoms with E-state index < -0.39 is 0 Å². The summed E-state index contributed by atoms with van der Waals surface area (Å²) in [6.07, 6.45) is 1.77. The summed E-state index contributed by atoms with van der Waals surface area (Å²) in [6.45, 7) is 0.414. The highest BCUT2D eigenvalue weighted by atomic mass is 16.5. The molecular weight excluding hydrogens is 390 g/mol. The molecule has 0 aliphatic carbocycles. The molecule has 0 radical (unpaired) electrons. The lowest BCUT2D eigenvalue weighted by Crippen LogP contribution is -2.24. The molecular formula is C25H23N3O3. The third kappa shape index (κ3) is 4.59. The number of H-pyrrole nitrogens is 1. The van der Waals surface area contributed by atoms with Crippen LogP contribution in [0.5, 0.6) is 11.5 Å². The van der Waals surface area contributed by atoms with E-state index in [1.54, 1.807) is 26.4 Å². The zero-order chi connectivity index (χ0) is 21.6. The number of aromatic nitrogens is 2. The first-order valence-corrected chi connectivity index (χ1v) is 9.89. The monoisotopic (exact) mass is 413 g/mol. The summed E-state index contributed by atoms with van der Waals surface area (Å²) >= 11 is 0. The number of hydrogen-bond donors (Lipinski definition) is 2. The number of nitrogens with one attached hydrogen (secondary N) is 2. The van der Waals surface area contributed by atoms with E-state index in [-0.39, 0.29) is 5.91 Å². The van der Waals surface area contributed by atoms with Gasteiger partial charge in [0, 0.05) is 18.2 Å². The van der Waals surface area contributed by atoms with E-state index in [1.807, 2.05) is 66.7 Å². The van der Waals surface area contributed by atoms with Crippen LogP contribution in [-0.4, -0.2) is 30.1 Å². The maximum Gasteiger partial charge on any atom is 0.255 e. The van der Waals surface area contributed by atoms with Gasteiger partial charge in [0.25, 0.3) is 5.91 Å². The van der Waals surface area contributed by atoms with Gasteiger partial charge in [-0.15, -0.1) is 0 Å². The van der Waals surface area contributed by atoms with Crippen molar-refractivity contribution in [1.82, 2.24) is 15.3 Å². The summed E-state index contributed by atoms with van der Waals surface area (Å²) in [7, 11) is 3.18. The van der Waals surface area contributed by atoms with Gasteiger partial charge in [-0.1, -0.05) is 42.5 Å². The lowest BCUT2D eigenvalue weighted by Gasteiger charge is -2.11. The summed E-state index contributed by atoms with van der Waals surface area (Å²) in [5.74, 6) is 1.53. The number of rotatable bonds is 7. The fraction of sp³-hybridized carbons (Fsp3) is 0.120. The van der Waals surface area contributed by atoms with Gasteiger partial charge in [0.1, 0.15) is 17.3 Å². The first-order valence-electron chi connectivity index (χ1n) is 9.89. The van der Waals surface area contributed by atoms with Gasteiger partial charge in [0.2, 0.25) is 0 Å². The molecule has 1 heterocycles. The van der Waals surface area contributed by atoms with Crippen molar-refractivity contribution in [3.63, 3.8) is 0 Å². The van der Waals surface area contributed by atoms with Crippen molar-refractivity contribution in [2.45, 2.75) is 6.54 Å². The molecule has 31 heavy (non-hydrogen) atoms. The molecule has 0 saturated heterocycles. The minimum absolute atomic E-state index is 0.235. The molecule has 0 bridgehead atoms. The molecule has 0 aliphatic rings. The van der Waals surface area contributed by atoms with Gasteiger partial charge >= 0.3 is 0 Å². The lowest BCUT2D eigenvalue weighted by molar-refractivity contribution is -0.115. The largest absolute Gasteiger partial charge is 0.497 e. The highest BCUT2D eigenvalue weighted by molar-refractivity contribution is 6.23. The number of hydrogen-bond acceptors (Lipinski definition) is 4.